The summed E-state index contributed by atoms with van der Waals surface area (Å²) in [5, 5.41) is 4.40. The van der Waals surface area contributed by atoms with Gasteiger partial charge in [0.2, 0.25) is 0 Å². The van der Waals surface area contributed by atoms with Crippen molar-refractivity contribution in [1.82, 2.24) is 9.88 Å². The summed E-state index contributed by atoms with van der Waals surface area (Å²) >= 11 is 1.75. The molecule has 0 aliphatic carbocycles. The number of methoxy groups -OCH3 is 1. The van der Waals surface area contributed by atoms with Crippen molar-refractivity contribution < 1.29 is 9.47 Å². The fourth-order valence-electron chi connectivity index (χ4n) is 2.57. The second kappa shape index (κ2) is 7.77. The normalized spacial score (nSPS) is 15.6. The van der Waals surface area contributed by atoms with Crippen LogP contribution in [0.15, 0.2) is 24.3 Å². The van der Waals surface area contributed by atoms with Gasteiger partial charge in [0.25, 0.3) is 0 Å². The molecule has 2 aromatic rings. The number of ether oxygens (including phenoxy) is 2. The lowest BCUT2D eigenvalue weighted by molar-refractivity contribution is 0.0345. The second-order valence-corrected chi connectivity index (χ2v) is 6.70. The predicted octanol–water partition coefficient (Wildman–Crippen LogP) is 2.90. The molecule has 0 saturated carbocycles. The van der Waals surface area contributed by atoms with E-state index in [1.54, 1.807) is 18.4 Å². The molecule has 1 aromatic heterocycles. The number of aryl methyl sites for hydroxylation is 1. The Bertz CT molecular complexity index is 639. The van der Waals surface area contributed by atoms with Crippen LogP contribution < -0.4 is 10.1 Å². The Morgan fingerprint density at radius 1 is 1.35 bits per heavy atom. The SMILES string of the molecule is COc1cccc(CNc2nc(C)c(CN3CCOCC3)s2)c1. The van der Waals surface area contributed by atoms with Gasteiger partial charge in [0, 0.05) is 31.1 Å². The molecular weight excluding hydrogens is 310 g/mol. The van der Waals surface area contributed by atoms with Crippen molar-refractivity contribution in [2.45, 2.75) is 20.0 Å². The highest BCUT2D eigenvalue weighted by atomic mass is 32.1. The average Bonchev–Trinajstić information content (AvgIpc) is 2.94. The molecule has 1 aliphatic rings. The molecule has 1 N–H and O–H groups in total. The van der Waals surface area contributed by atoms with Crippen LogP contribution in [-0.2, 0) is 17.8 Å². The largest absolute Gasteiger partial charge is 0.497 e. The number of nitrogens with one attached hydrogen (secondary N) is 1. The Morgan fingerprint density at radius 2 is 2.17 bits per heavy atom. The van der Waals surface area contributed by atoms with E-state index in [1.807, 2.05) is 18.2 Å². The lowest BCUT2D eigenvalue weighted by Crippen LogP contribution is -2.35. The molecule has 0 amide bonds. The molecule has 2 heterocycles. The van der Waals surface area contributed by atoms with Gasteiger partial charge in [0.05, 0.1) is 26.0 Å². The average molecular weight is 333 g/mol. The summed E-state index contributed by atoms with van der Waals surface area (Å²) in [7, 11) is 1.69. The van der Waals surface area contributed by atoms with E-state index < -0.39 is 0 Å². The van der Waals surface area contributed by atoms with E-state index in [2.05, 4.69) is 28.2 Å². The molecule has 1 aromatic carbocycles. The molecular formula is C17H23N3O2S. The molecule has 0 bridgehead atoms. The molecule has 1 aliphatic heterocycles. The molecule has 1 fully saturated rings. The zero-order valence-corrected chi connectivity index (χ0v) is 14.5. The van der Waals surface area contributed by atoms with E-state index in [-0.39, 0.29) is 0 Å². The minimum Gasteiger partial charge on any atom is -0.497 e. The van der Waals surface area contributed by atoms with Crippen LogP contribution in [0.1, 0.15) is 16.1 Å². The van der Waals surface area contributed by atoms with Crippen molar-refractivity contribution in [3.8, 4) is 5.75 Å². The van der Waals surface area contributed by atoms with E-state index in [4.69, 9.17) is 9.47 Å². The van der Waals surface area contributed by atoms with E-state index in [0.717, 1.165) is 56.0 Å². The maximum absolute atomic E-state index is 5.40. The van der Waals surface area contributed by atoms with E-state index in [1.165, 1.54) is 10.4 Å². The van der Waals surface area contributed by atoms with Gasteiger partial charge in [-0.15, -0.1) is 11.3 Å². The maximum atomic E-state index is 5.40. The highest BCUT2D eigenvalue weighted by Gasteiger charge is 2.15. The first kappa shape index (κ1) is 16.2. The summed E-state index contributed by atoms with van der Waals surface area (Å²) < 4.78 is 10.7. The van der Waals surface area contributed by atoms with Crippen molar-refractivity contribution in [2.24, 2.45) is 0 Å². The molecule has 0 spiro atoms. The Labute approximate surface area is 141 Å². The number of nitrogens with zero attached hydrogens (tertiary/aromatic N) is 2. The molecule has 124 valence electrons. The number of thiazole rings is 1. The van der Waals surface area contributed by atoms with Crippen LogP contribution in [0.25, 0.3) is 0 Å². The summed E-state index contributed by atoms with van der Waals surface area (Å²) in [5.41, 5.74) is 2.31. The standard InChI is InChI=1S/C17H23N3O2S/c1-13-16(12-20-6-8-22-9-7-20)23-17(19-13)18-11-14-4-3-5-15(10-14)21-2/h3-5,10H,6-9,11-12H2,1-2H3,(H,18,19). The van der Waals surface area contributed by atoms with E-state index in [9.17, 15) is 0 Å². The Hall–Kier alpha value is -1.63. The Morgan fingerprint density at radius 3 is 2.96 bits per heavy atom. The second-order valence-electron chi connectivity index (χ2n) is 5.62. The van der Waals surface area contributed by atoms with Crippen LogP contribution in [0.3, 0.4) is 0 Å². The van der Waals surface area contributed by atoms with Gasteiger partial charge in [0.15, 0.2) is 5.13 Å². The third-order valence-corrected chi connectivity index (χ3v) is 5.04. The smallest absolute Gasteiger partial charge is 0.183 e. The quantitative estimate of drug-likeness (QED) is 0.881. The Balaban J connectivity index is 1.59. The molecule has 0 radical (unpaired) electrons. The molecule has 0 atom stereocenters. The minimum atomic E-state index is 0.751. The van der Waals surface area contributed by atoms with Gasteiger partial charge in [0.1, 0.15) is 5.75 Å². The van der Waals surface area contributed by atoms with Crippen molar-refractivity contribution in [1.29, 1.82) is 0 Å². The highest BCUT2D eigenvalue weighted by Crippen LogP contribution is 2.25. The highest BCUT2D eigenvalue weighted by molar-refractivity contribution is 7.15. The predicted molar refractivity (Wildman–Crippen MR) is 93.3 cm³/mol. The maximum Gasteiger partial charge on any atom is 0.183 e. The first-order chi connectivity index (χ1) is 11.2. The van der Waals surface area contributed by atoms with Crippen LogP contribution in [0.4, 0.5) is 5.13 Å². The summed E-state index contributed by atoms with van der Waals surface area (Å²) in [6.45, 7) is 7.48. The molecule has 1 saturated heterocycles. The van der Waals surface area contributed by atoms with Gasteiger partial charge in [-0.3, -0.25) is 4.90 Å². The van der Waals surface area contributed by atoms with Crippen molar-refractivity contribution in [3.63, 3.8) is 0 Å². The van der Waals surface area contributed by atoms with Gasteiger partial charge in [-0.2, -0.15) is 0 Å². The number of hydrogen-bond acceptors (Lipinski definition) is 6. The summed E-state index contributed by atoms with van der Waals surface area (Å²) in [6.07, 6.45) is 0. The first-order valence-corrected chi connectivity index (χ1v) is 8.69. The summed E-state index contributed by atoms with van der Waals surface area (Å²) in [4.78, 5) is 8.41. The fraction of sp³-hybridized carbons (Fsp3) is 0.471. The third kappa shape index (κ3) is 4.43. The number of morpholine rings is 1. The van der Waals surface area contributed by atoms with Crippen LogP contribution in [-0.4, -0.2) is 43.3 Å². The van der Waals surface area contributed by atoms with Gasteiger partial charge in [-0.05, 0) is 24.6 Å². The number of anilines is 1. The third-order valence-electron chi connectivity index (χ3n) is 3.94. The van der Waals surface area contributed by atoms with Crippen molar-refractivity contribution in [2.75, 3.05) is 38.7 Å². The lowest BCUT2D eigenvalue weighted by atomic mass is 10.2. The number of rotatable bonds is 6. The van der Waals surface area contributed by atoms with Gasteiger partial charge in [-0.1, -0.05) is 12.1 Å². The zero-order chi connectivity index (χ0) is 16.1. The van der Waals surface area contributed by atoms with Crippen molar-refractivity contribution >= 4 is 16.5 Å². The molecule has 5 nitrogen and oxygen atoms in total. The summed E-state index contributed by atoms with van der Waals surface area (Å²) in [6, 6.07) is 8.09. The lowest BCUT2D eigenvalue weighted by Gasteiger charge is -2.25. The topological polar surface area (TPSA) is 46.6 Å². The van der Waals surface area contributed by atoms with Crippen LogP contribution >= 0.6 is 11.3 Å². The van der Waals surface area contributed by atoms with E-state index in [0.29, 0.717) is 0 Å². The molecule has 23 heavy (non-hydrogen) atoms. The number of aromatic nitrogens is 1. The fourth-order valence-corrected chi connectivity index (χ4v) is 3.57. The van der Waals surface area contributed by atoms with Crippen LogP contribution in [0, 0.1) is 6.92 Å². The van der Waals surface area contributed by atoms with Gasteiger partial charge in [-0.25, -0.2) is 4.98 Å². The van der Waals surface area contributed by atoms with Gasteiger partial charge < -0.3 is 14.8 Å². The first-order valence-electron chi connectivity index (χ1n) is 7.88. The van der Waals surface area contributed by atoms with Crippen LogP contribution in [0.2, 0.25) is 0 Å². The van der Waals surface area contributed by atoms with Crippen molar-refractivity contribution in [3.05, 3.63) is 40.4 Å². The summed E-state index contributed by atoms with van der Waals surface area (Å²) in [5.74, 6) is 0.882. The van der Waals surface area contributed by atoms with E-state index >= 15 is 0 Å². The molecule has 6 heteroatoms. The number of hydrogen-bond donors (Lipinski definition) is 1. The van der Waals surface area contributed by atoms with Crippen LogP contribution in [0.5, 0.6) is 5.75 Å². The zero-order valence-electron chi connectivity index (χ0n) is 13.7. The minimum absolute atomic E-state index is 0.751. The van der Waals surface area contributed by atoms with Gasteiger partial charge >= 0.3 is 0 Å². The monoisotopic (exact) mass is 333 g/mol. The number of benzene rings is 1. The molecule has 0 unspecified atom stereocenters. The molecule has 3 rings (SSSR count). The Kier molecular flexibility index (Phi) is 5.48.